The van der Waals surface area contributed by atoms with Crippen LogP contribution in [0.4, 0.5) is 0 Å². The summed E-state index contributed by atoms with van der Waals surface area (Å²) < 4.78 is 0. The highest BCUT2D eigenvalue weighted by atomic mass is 35.5. The molecule has 21 heavy (non-hydrogen) atoms. The molecule has 0 aliphatic heterocycles. The van der Waals surface area contributed by atoms with E-state index in [1.807, 2.05) is 0 Å². The van der Waals surface area contributed by atoms with Crippen LogP contribution in [-0.2, 0) is 0 Å². The van der Waals surface area contributed by atoms with E-state index in [4.69, 9.17) is 23.2 Å². The van der Waals surface area contributed by atoms with Crippen molar-refractivity contribution in [1.82, 2.24) is 0 Å². The van der Waals surface area contributed by atoms with Crippen LogP contribution in [0.25, 0.3) is 0 Å². The third-order valence-corrected chi connectivity index (χ3v) is 9.69. The Labute approximate surface area is 141 Å². The fraction of sp³-hybridized carbons (Fsp3) is 0.556. The molecule has 116 valence electrons. The minimum atomic E-state index is -0.502. The Bertz CT molecular complexity index is 599. The van der Waals surface area contributed by atoms with Crippen molar-refractivity contribution < 1.29 is 0 Å². The normalized spacial score (nSPS) is 22.9. The fourth-order valence-corrected chi connectivity index (χ4v) is 7.36. The van der Waals surface area contributed by atoms with Gasteiger partial charge in [0.1, 0.15) is 0 Å². The zero-order valence-corrected chi connectivity index (χ0v) is 17.0. The van der Waals surface area contributed by atoms with Gasteiger partial charge in [0.05, 0.1) is 9.52 Å². The Morgan fingerprint density at radius 3 is 1.90 bits per heavy atom. The lowest BCUT2D eigenvalue weighted by Crippen LogP contribution is -2.19. The smallest absolute Gasteiger partial charge is 0.0882 e. The average molecular weight is 341 g/mol. The van der Waals surface area contributed by atoms with Crippen molar-refractivity contribution in [1.29, 1.82) is 0 Å². The van der Waals surface area contributed by atoms with Gasteiger partial charge in [0.2, 0.25) is 0 Å². The molecule has 0 bridgehead atoms. The molecule has 3 heteroatoms. The maximum atomic E-state index is 6.77. The summed E-state index contributed by atoms with van der Waals surface area (Å²) in [5.41, 5.74) is 5.77. The Morgan fingerprint density at radius 2 is 1.52 bits per heavy atom. The number of halogens is 2. The van der Waals surface area contributed by atoms with Crippen LogP contribution in [0, 0.1) is 5.41 Å². The van der Waals surface area contributed by atoms with Gasteiger partial charge in [-0.15, -0.1) is 0 Å². The van der Waals surface area contributed by atoms with E-state index in [1.165, 1.54) is 22.3 Å². The summed E-state index contributed by atoms with van der Waals surface area (Å²) in [6.07, 6.45) is 3.14. The second kappa shape index (κ2) is 6.10. The molecule has 0 amide bonds. The number of allylic oxidation sites excluding steroid dienone is 8. The van der Waals surface area contributed by atoms with Crippen LogP contribution in [0.2, 0.25) is 0 Å². The van der Waals surface area contributed by atoms with E-state index in [2.05, 4.69) is 41.5 Å². The van der Waals surface area contributed by atoms with Crippen LogP contribution >= 0.6 is 23.2 Å². The van der Waals surface area contributed by atoms with Gasteiger partial charge in [-0.1, -0.05) is 58.6 Å². The predicted molar refractivity (Wildman–Crippen MR) is 98.7 cm³/mol. The van der Waals surface area contributed by atoms with E-state index in [-0.39, 0.29) is 5.41 Å². The topological polar surface area (TPSA) is 0 Å². The van der Waals surface area contributed by atoms with Gasteiger partial charge >= 0.3 is 0 Å². The molecule has 0 fully saturated rings. The second-order valence-corrected chi connectivity index (χ2v) is 9.08. The average Bonchev–Trinajstić information content (AvgIpc) is 2.80. The van der Waals surface area contributed by atoms with E-state index in [9.17, 15) is 0 Å². The molecule has 0 N–H and O–H groups in total. The highest BCUT2D eigenvalue weighted by Gasteiger charge is 2.40. The maximum Gasteiger partial charge on any atom is 0.0882 e. The van der Waals surface area contributed by atoms with Crippen molar-refractivity contribution in [3.8, 4) is 0 Å². The van der Waals surface area contributed by atoms with Crippen molar-refractivity contribution in [2.75, 3.05) is 0 Å². The summed E-state index contributed by atoms with van der Waals surface area (Å²) in [5.74, 6) is 0. The Kier molecular flexibility index (Phi) is 4.97. The van der Waals surface area contributed by atoms with Crippen LogP contribution in [-0.4, -0.2) is 9.52 Å². The molecule has 0 saturated heterocycles. The molecule has 0 heterocycles. The van der Waals surface area contributed by atoms with E-state index >= 15 is 0 Å². The highest BCUT2D eigenvalue weighted by molar-refractivity contribution is 6.58. The summed E-state index contributed by atoms with van der Waals surface area (Å²) in [6.45, 7) is 13.5. The van der Waals surface area contributed by atoms with E-state index in [0.29, 0.717) is 0 Å². The Morgan fingerprint density at radius 1 is 0.952 bits per heavy atom. The summed E-state index contributed by atoms with van der Waals surface area (Å²) in [5, 5.41) is 5.26. The van der Waals surface area contributed by atoms with Crippen molar-refractivity contribution in [2.24, 2.45) is 5.41 Å². The summed E-state index contributed by atoms with van der Waals surface area (Å²) >= 11 is 13.1. The van der Waals surface area contributed by atoms with Gasteiger partial charge < -0.3 is 0 Å². The molecule has 2 rings (SSSR count). The fourth-order valence-electron chi connectivity index (χ4n) is 4.00. The second-order valence-electron chi connectivity index (χ2n) is 6.47. The van der Waals surface area contributed by atoms with Gasteiger partial charge in [0.15, 0.2) is 0 Å². The molecule has 0 nitrogen and oxygen atoms in total. The zero-order valence-electron chi connectivity index (χ0n) is 14.1. The van der Waals surface area contributed by atoms with Crippen LogP contribution < -0.4 is 0 Å². The lowest BCUT2D eigenvalue weighted by molar-refractivity contribution is 0.422. The molecule has 0 aromatic carbocycles. The minimum Gasteiger partial charge on any atom is -0.0885 e. The molecular formula is C18H26Cl2Si. The lowest BCUT2D eigenvalue weighted by atomic mass is 9.78. The maximum absolute atomic E-state index is 6.77. The van der Waals surface area contributed by atoms with Gasteiger partial charge in [0, 0.05) is 21.9 Å². The van der Waals surface area contributed by atoms with Gasteiger partial charge in [-0.3, -0.25) is 0 Å². The zero-order chi connectivity index (χ0) is 15.9. The molecular weight excluding hydrogens is 315 g/mol. The highest BCUT2D eigenvalue weighted by Crippen LogP contribution is 2.53. The van der Waals surface area contributed by atoms with Gasteiger partial charge in [-0.2, -0.15) is 0 Å². The molecule has 0 radical (unpaired) electrons. The first kappa shape index (κ1) is 17.1. The van der Waals surface area contributed by atoms with Crippen molar-refractivity contribution in [3.63, 3.8) is 0 Å². The lowest BCUT2D eigenvalue weighted by Gasteiger charge is -2.30. The predicted octanol–water partition coefficient (Wildman–Crippen LogP) is 5.95. The van der Waals surface area contributed by atoms with Crippen molar-refractivity contribution >= 4 is 32.7 Å². The standard InChI is InChI=1S/C18H26Cl2Si/c1-7-18(8-2)13(6)16(12(5)17(18)20)21-15-10(3)9-14(19)11(15)4/h7-9,21H2,1-6H3. The van der Waals surface area contributed by atoms with Crippen molar-refractivity contribution in [2.45, 2.75) is 60.8 Å². The van der Waals surface area contributed by atoms with Crippen LogP contribution in [0.5, 0.6) is 0 Å². The van der Waals surface area contributed by atoms with Crippen LogP contribution in [0.1, 0.15) is 60.8 Å². The Balaban J connectivity index is 2.46. The molecule has 0 atom stereocenters. The molecule has 0 aromatic heterocycles. The van der Waals surface area contributed by atoms with Crippen molar-refractivity contribution in [3.05, 3.63) is 42.7 Å². The molecule has 0 spiro atoms. The van der Waals surface area contributed by atoms with E-state index in [1.54, 1.807) is 10.4 Å². The third-order valence-electron chi connectivity index (χ3n) is 5.73. The first-order chi connectivity index (χ1) is 9.80. The van der Waals surface area contributed by atoms with Gasteiger partial charge in [-0.05, 0) is 51.7 Å². The Hall–Kier alpha value is -0.243. The molecule has 2 aliphatic carbocycles. The first-order valence-corrected chi connectivity index (χ1v) is 10.1. The minimum absolute atomic E-state index is 0.0997. The summed E-state index contributed by atoms with van der Waals surface area (Å²) in [7, 11) is -0.502. The summed E-state index contributed by atoms with van der Waals surface area (Å²) in [6, 6.07) is 0. The SMILES string of the molecule is CCC1(CC)C(C)=C([SiH2]C2=C(C)CC(Cl)=C2C)C(C)=C1Cl. The third kappa shape index (κ3) is 2.52. The van der Waals surface area contributed by atoms with Crippen LogP contribution in [0.15, 0.2) is 42.7 Å². The van der Waals surface area contributed by atoms with E-state index < -0.39 is 9.52 Å². The molecule has 0 aromatic rings. The molecule has 2 aliphatic rings. The van der Waals surface area contributed by atoms with Crippen LogP contribution in [0.3, 0.4) is 0 Å². The number of rotatable bonds is 4. The van der Waals surface area contributed by atoms with Gasteiger partial charge in [0.25, 0.3) is 0 Å². The monoisotopic (exact) mass is 340 g/mol. The molecule has 0 unspecified atom stereocenters. The largest absolute Gasteiger partial charge is 0.0885 e. The quantitative estimate of drug-likeness (QED) is 0.554. The summed E-state index contributed by atoms with van der Waals surface area (Å²) in [4.78, 5) is 0. The number of hydrogen-bond donors (Lipinski definition) is 0. The first-order valence-electron chi connectivity index (χ1n) is 7.91. The van der Waals surface area contributed by atoms with Gasteiger partial charge in [-0.25, -0.2) is 0 Å². The number of hydrogen-bond acceptors (Lipinski definition) is 0. The van der Waals surface area contributed by atoms with E-state index in [0.717, 1.165) is 29.3 Å². The molecule has 0 saturated carbocycles.